The van der Waals surface area contributed by atoms with Gasteiger partial charge in [-0.2, -0.15) is 9.97 Å². The standard InChI is InChI=1S/C28H26N4O5/c1-2-27(34)37-19-36-24-13-7-9-21(15-24)17-26-30-25(16-20-8-6-12-23(14-20)35-18-33)31-28(32-26)29-22-10-4-3-5-11-22/h2-15,33H,1,16-19H2,(H,29,30,31,32). The van der Waals surface area contributed by atoms with Gasteiger partial charge in [-0.1, -0.05) is 49.0 Å². The first-order chi connectivity index (χ1) is 18.1. The number of nitrogens with one attached hydrogen (secondary N) is 1. The fourth-order valence-electron chi connectivity index (χ4n) is 3.48. The summed E-state index contributed by atoms with van der Waals surface area (Å²) in [6.07, 6.45) is 1.95. The van der Waals surface area contributed by atoms with Crippen LogP contribution in [0.1, 0.15) is 22.8 Å². The molecule has 0 unspecified atom stereocenters. The van der Waals surface area contributed by atoms with Gasteiger partial charge in [-0.25, -0.2) is 9.78 Å². The minimum atomic E-state index is -0.555. The largest absolute Gasteiger partial charge is 0.468 e. The van der Waals surface area contributed by atoms with Gasteiger partial charge in [-0.15, -0.1) is 0 Å². The molecule has 0 atom stereocenters. The minimum absolute atomic E-state index is 0.214. The Morgan fingerprint density at radius 1 is 0.838 bits per heavy atom. The molecule has 37 heavy (non-hydrogen) atoms. The van der Waals surface area contributed by atoms with E-state index in [0.29, 0.717) is 41.9 Å². The van der Waals surface area contributed by atoms with E-state index < -0.39 is 12.8 Å². The molecule has 188 valence electrons. The average Bonchev–Trinajstić information content (AvgIpc) is 2.90. The fraction of sp³-hybridized carbons (Fsp3) is 0.143. The molecular weight excluding hydrogens is 472 g/mol. The quantitative estimate of drug-likeness (QED) is 0.168. The maximum absolute atomic E-state index is 11.2. The fourth-order valence-corrected chi connectivity index (χ4v) is 3.48. The van der Waals surface area contributed by atoms with E-state index in [-0.39, 0.29) is 6.79 Å². The zero-order valence-electron chi connectivity index (χ0n) is 20.0. The number of esters is 1. The van der Waals surface area contributed by atoms with Gasteiger partial charge >= 0.3 is 5.97 Å². The zero-order valence-corrected chi connectivity index (χ0v) is 20.0. The summed E-state index contributed by atoms with van der Waals surface area (Å²) in [6, 6.07) is 24.4. The van der Waals surface area contributed by atoms with Gasteiger partial charge < -0.3 is 24.6 Å². The highest BCUT2D eigenvalue weighted by Gasteiger charge is 2.11. The Hall–Kier alpha value is -4.76. The molecule has 0 radical (unpaired) electrons. The zero-order chi connectivity index (χ0) is 25.9. The molecule has 2 N–H and O–H groups in total. The lowest BCUT2D eigenvalue weighted by atomic mass is 10.1. The summed E-state index contributed by atoms with van der Waals surface area (Å²) in [4.78, 5) is 25.2. The summed E-state index contributed by atoms with van der Waals surface area (Å²) in [6.45, 7) is 2.74. The first-order valence-electron chi connectivity index (χ1n) is 11.5. The van der Waals surface area contributed by atoms with Crippen molar-refractivity contribution in [3.8, 4) is 11.5 Å². The van der Waals surface area contributed by atoms with Gasteiger partial charge in [0.2, 0.25) is 12.7 Å². The molecular formula is C28H26N4O5. The third kappa shape index (κ3) is 7.87. The maximum Gasteiger partial charge on any atom is 0.333 e. The lowest BCUT2D eigenvalue weighted by Gasteiger charge is -2.11. The molecule has 9 heteroatoms. The molecule has 9 nitrogen and oxygen atoms in total. The third-order valence-electron chi connectivity index (χ3n) is 5.10. The van der Waals surface area contributed by atoms with Crippen molar-refractivity contribution >= 4 is 17.6 Å². The normalized spacial score (nSPS) is 10.4. The second kappa shape index (κ2) is 12.8. The number of para-hydroxylation sites is 1. The number of hydrogen-bond donors (Lipinski definition) is 2. The molecule has 0 saturated heterocycles. The number of benzene rings is 3. The van der Waals surface area contributed by atoms with Crippen molar-refractivity contribution in [3.05, 3.63) is 114 Å². The number of aromatic nitrogens is 3. The Morgan fingerprint density at radius 3 is 2.05 bits per heavy atom. The second-order valence-electron chi connectivity index (χ2n) is 7.83. The minimum Gasteiger partial charge on any atom is -0.468 e. The van der Waals surface area contributed by atoms with E-state index in [2.05, 4.69) is 21.9 Å². The molecule has 0 fully saturated rings. The topological polar surface area (TPSA) is 116 Å². The van der Waals surface area contributed by atoms with Crippen LogP contribution in [0.5, 0.6) is 11.5 Å². The van der Waals surface area contributed by atoms with Crippen molar-refractivity contribution in [2.24, 2.45) is 0 Å². The third-order valence-corrected chi connectivity index (χ3v) is 5.10. The summed E-state index contributed by atoms with van der Waals surface area (Å²) in [5.41, 5.74) is 2.69. The molecule has 4 aromatic rings. The summed E-state index contributed by atoms with van der Waals surface area (Å²) < 4.78 is 15.6. The molecule has 0 bridgehead atoms. The van der Waals surface area contributed by atoms with Crippen molar-refractivity contribution in [1.82, 2.24) is 15.0 Å². The van der Waals surface area contributed by atoms with Gasteiger partial charge in [0, 0.05) is 24.6 Å². The number of carbonyl (C=O) groups excluding carboxylic acids is 1. The van der Waals surface area contributed by atoms with Gasteiger partial charge in [0.05, 0.1) is 0 Å². The van der Waals surface area contributed by atoms with Crippen molar-refractivity contribution in [2.75, 3.05) is 18.9 Å². The van der Waals surface area contributed by atoms with Crippen LogP contribution in [0.2, 0.25) is 0 Å². The van der Waals surface area contributed by atoms with E-state index in [4.69, 9.17) is 24.3 Å². The summed E-state index contributed by atoms with van der Waals surface area (Å²) >= 11 is 0. The van der Waals surface area contributed by atoms with Gasteiger partial charge in [0.15, 0.2) is 6.79 Å². The van der Waals surface area contributed by atoms with E-state index in [0.717, 1.165) is 22.9 Å². The van der Waals surface area contributed by atoms with Crippen molar-refractivity contribution in [1.29, 1.82) is 0 Å². The predicted molar refractivity (Wildman–Crippen MR) is 138 cm³/mol. The average molecular weight is 499 g/mol. The number of aliphatic hydroxyl groups excluding tert-OH is 1. The Labute approximate surface area is 214 Å². The van der Waals surface area contributed by atoms with E-state index >= 15 is 0 Å². The van der Waals surface area contributed by atoms with Crippen LogP contribution in [0.15, 0.2) is 91.5 Å². The van der Waals surface area contributed by atoms with Crippen LogP contribution in [0.4, 0.5) is 11.6 Å². The van der Waals surface area contributed by atoms with Crippen LogP contribution in [-0.2, 0) is 22.4 Å². The molecule has 1 aromatic heterocycles. The monoisotopic (exact) mass is 498 g/mol. The lowest BCUT2D eigenvalue weighted by Crippen LogP contribution is -2.09. The number of aliphatic hydroxyl groups is 1. The highest BCUT2D eigenvalue weighted by molar-refractivity contribution is 5.81. The number of hydrogen-bond acceptors (Lipinski definition) is 9. The van der Waals surface area contributed by atoms with Gasteiger partial charge in [0.1, 0.15) is 23.1 Å². The van der Waals surface area contributed by atoms with Gasteiger partial charge in [-0.3, -0.25) is 0 Å². The smallest absolute Gasteiger partial charge is 0.333 e. The number of anilines is 2. The van der Waals surface area contributed by atoms with Crippen molar-refractivity contribution in [3.63, 3.8) is 0 Å². The molecule has 0 spiro atoms. The maximum atomic E-state index is 11.2. The first-order valence-corrected chi connectivity index (χ1v) is 11.5. The predicted octanol–water partition coefficient (Wildman–Crippen LogP) is 4.19. The Bertz CT molecular complexity index is 1350. The molecule has 0 amide bonds. The Morgan fingerprint density at radius 2 is 1.46 bits per heavy atom. The molecule has 0 saturated carbocycles. The summed E-state index contributed by atoms with van der Waals surface area (Å²) in [5, 5.41) is 12.3. The molecule has 0 aliphatic carbocycles. The van der Waals surface area contributed by atoms with Crippen LogP contribution >= 0.6 is 0 Å². The number of carbonyl (C=O) groups is 1. The summed E-state index contributed by atoms with van der Waals surface area (Å²) in [7, 11) is 0. The molecule has 1 heterocycles. The number of rotatable bonds is 12. The van der Waals surface area contributed by atoms with Crippen molar-refractivity contribution < 1.29 is 24.1 Å². The highest BCUT2D eigenvalue weighted by atomic mass is 16.7. The van der Waals surface area contributed by atoms with Gasteiger partial charge in [0.25, 0.3) is 0 Å². The van der Waals surface area contributed by atoms with Crippen LogP contribution < -0.4 is 14.8 Å². The number of ether oxygens (including phenoxy) is 3. The number of nitrogens with zero attached hydrogens (tertiary/aromatic N) is 3. The second-order valence-corrected chi connectivity index (χ2v) is 7.83. The van der Waals surface area contributed by atoms with E-state index in [1.807, 2.05) is 66.7 Å². The Kier molecular flexibility index (Phi) is 8.77. The molecule has 3 aromatic carbocycles. The Balaban J connectivity index is 1.56. The van der Waals surface area contributed by atoms with E-state index in [1.54, 1.807) is 12.1 Å². The molecule has 0 aliphatic rings. The van der Waals surface area contributed by atoms with Gasteiger partial charge in [-0.05, 0) is 47.5 Å². The lowest BCUT2D eigenvalue weighted by molar-refractivity contribution is -0.144. The first kappa shape index (κ1) is 25.3. The molecule has 4 rings (SSSR count). The van der Waals surface area contributed by atoms with Crippen LogP contribution in [0.3, 0.4) is 0 Å². The molecule has 0 aliphatic heterocycles. The van der Waals surface area contributed by atoms with Crippen molar-refractivity contribution in [2.45, 2.75) is 12.8 Å². The SMILES string of the molecule is C=CC(=O)OCOc1cccc(Cc2nc(Cc3cccc(OCO)c3)nc(Nc3ccccc3)n2)c1. The van der Waals surface area contributed by atoms with E-state index in [9.17, 15) is 4.79 Å². The van der Waals surface area contributed by atoms with E-state index in [1.165, 1.54) is 0 Å². The highest BCUT2D eigenvalue weighted by Crippen LogP contribution is 2.20. The summed E-state index contributed by atoms with van der Waals surface area (Å²) in [5.74, 6) is 2.13. The van der Waals surface area contributed by atoms with Crippen LogP contribution in [0, 0.1) is 0 Å². The van der Waals surface area contributed by atoms with Crippen LogP contribution in [-0.4, -0.2) is 39.6 Å². The van der Waals surface area contributed by atoms with Crippen LogP contribution in [0.25, 0.3) is 0 Å².